The molecule has 2 aromatic heterocycles. The highest BCUT2D eigenvalue weighted by Gasteiger charge is 2.42. The molecular weight excluding hydrogens is 966 g/mol. The smallest absolute Gasteiger partial charge is 0.415 e. The van der Waals surface area contributed by atoms with Crippen LogP contribution in [0.3, 0.4) is 0 Å². The molecular formula is C52H56ClN7O13. The fourth-order valence-corrected chi connectivity index (χ4v) is 9.32. The van der Waals surface area contributed by atoms with Crippen LogP contribution in [-0.2, 0) is 28.7 Å². The number of hydrogen-bond acceptors (Lipinski definition) is 14. The molecule has 3 N–H and O–H groups in total. The lowest BCUT2D eigenvalue weighted by Gasteiger charge is -2.31. The maximum absolute atomic E-state index is 14.5. The topological polar surface area (TPSA) is 239 Å². The first-order valence-corrected chi connectivity index (χ1v) is 24.5. The van der Waals surface area contributed by atoms with Crippen LogP contribution in [0.15, 0.2) is 85.2 Å². The molecule has 5 aromatic rings. The highest BCUT2D eigenvalue weighted by atomic mass is 35.5. The molecule has 20 nitrogen and oxygen atoms in total. The molecule has 8 rings (SSSR count). The number of fused-ring (bicyclic) bond motifs is 4. The van der Waals surface area contributed by atoms with Gasteiger partial charge in [0.15, 0.2) is 0 Å². The van der Waals surface area contributed by atoms with E-state index in [1.165, 1.54) is 41.1 Å². The molecule has 0 unspecified atom stereocenters. The summed E-state index contributed by atoms with van der Waals surface area (Å²) in [4.78, 5) is 107. The number of halogens is 1. The molecule has 384 valence electrons. The number of aryl methyl sites for hydroxylation is 1. The van der Waals surface area contributed by atoms with Gasteiger partial charge in [-0.1, -0.05) is 24.3 Å². The van der Waals surface area contributed by atoms with Gasteiger partial charge in [0, 0.05) is 87.3 Å². The van der Waals surface area contributed by atoms with Gasteiger partial charge < -0.3 is 53.7 Å². The molecule has 21 heteroatoms. The number of aliphatic hydroxyl groups excluding tert-OH is 1. The Kier molecular flexibility index (Phi) is 15.9. The fourth-order valence-electron chi connectivity index (χ4n) is 9.07. The first kappa shape index (κ1) is 51.8. The third-order valence-corrected chi connectivity index (χ3v) is 13.6. The summed E-state index contributed by atoms with van der Waals surface area (Å²) >= 11 is 6.62. The van der Waals surface area contributed by atoms with E-state index < -0.39 is 53.3 Å². The molecule has 4 heterocycles. The number of likely N-dealkylation sites (N-methyl/N-ethyl adjacent to an activating group) is 1. The number of hydrogen-bond donors (Lipinski definition) is 3. The molecule has 0 bridgehead atoms. The number of rotatable bonds is 16. The van der Waals surface area contributed by atoms with Crippen LogP contribution < -0.4 is 15.0 Å². The van der Waals surface area contributed by atoms with E-state index in [4.69, 9.17) is 30.6 Å². The normalized spacial score (nSPS) is 19.0. The van der Waals surface area contributed by atoms with Gasteiger partial charge in [0.25, 0.3) is 23.6 Å². The fraction of sp³-hybridized carbons (Fsp3) is 0.385. The third kappa shape index (κ3) is 11.6. The van der Waals surface area contributed by atoms with Gasteiger partial charge in [-0.15, -0.1) is 16.7 Å². The zero-order valence-electron chi connectivity index (χ0n) is 40.6. The van der Waals surface area contributed by atoms with Crippen LogP contribution in [0.5, 0.6) is 11.5 Å². The first-order chi connectivity index (χ1) is 35.1. The molecule has 6 amide bonds. The summed E-state index contributed by atoms with van der Waals surface area (Å²) in [6.45, 7) is 3.65. The molecule has 1 fully saturated rings. The number of imide groups is 1. The number of carbonyl (C=O) groups excluding carboxylic acids is 7. The quantitative estimate of drug-likeness (QED) is 0.0402. The molecule has 1 saturated heterocycles. The standard InChI is InChI=1S/C52H56ClN7O13/c1-32-7-6-9-38-41(27-40-46(45(32)38)34(28-53)29-59(40)48(66)39-31-58-30-35(12-15-42(58)55-39)54-47(65)33-10-13-36(62)14-11-33)72-51(69)57(23-25-70-26-24-61)22-21-56(3)50(68)71-37-8-4-5-19-52(2,20-18-37)49(67)73-60-43(63)16-17-44(60)64/h4,6-15,27,30-31,34,37,61-62H,5,16-26,28-29H2,1-3H3,(H,54,65)/b8-4+/t34-,37+,52-/m1/s1. The van der Waals surface area contributed by atoms with Crippen molar-refractivity contribution in [2.75, 3.05) is 69.1 Å². The Hall–Kier alpha value is -7.55. The molecule has 3 aromatic carbocycles. The van der Waals surface area contributed by atoms with Crippen LogP contribution >= 0.6 is 11.6 Å². The Labute approximate surface area is 424 Å². The largest absolute Gasteiger partial charge is 0.508 e. The zero-order valence-corrected chi connectivity index (χ0v) is 41.3. The van der Waals surface area contributed by atoms with Gasteiger partial charge in [0.1, 0.15) is 28.9 Å². The minimum atomic E-state index is -1.06. The van der Waals surface area contributed by atoms with Crippen LogP contribution in [0.2, 0.25) is 0 Å². The predicted molar refractivity (Wildman–Crippen MR) is 266 cm³/mol. The minimum Gasteiger partial charge on any atom is -0.508 e. The lowest BCUT2D eigenvalue weighted by atomic mass is 9.79. The molecule has 0 radical (unpaired) electrons. The molecule has 2 aliphatic heterocycles. The van der Waals surface area contributed by atoms with E-state index in [9.17, 15) is 43.8 Å². The second-order valence-corrected chi connectivity index (χ2v) is 18.8. The Bertz CT molecular complexity index is 2960. The highest BCUT2D eigenvalue weighted by molar-refractivity contribution is 6.19. The average Bonchev–Trinajstić information content (AvgIpc) is 4.07. The van der Waals surface area contributed by atoms with Crippen molar-refractivity contribution < 1.29 is 62.8 Å². The summed E-state index contributed by atoms with van der Waals surface area (Å²) in [5.41, 5.74) is 2.44. The summed E-state index contributed by atoms with van der Waals surface area (Å²) in [5, 5.41) is 23.7. The SMILES string of the molecule is Cc1cccc2c(OC(=O)N(CCOCCO)CCN(C)C(=O)O[C@H]3/C=C/CC[C@@](C)(C(=O)ON4C(=O)CCC4=O)CC3)cc3c(c12)[C@H](CCl)CN3C(=O)c1cn2cc(NC(=O)c3ccc(O)cc3)ccc2n1. The predicted octanol–water partition coefficient (Wildman–Crippen LogP) is 6.73. The van der Waals surface area contributed by atoms with E-state index in [1.807, 2.05) is 25.1 Å². The lowest BCUT2D eigenvalue weighted by Crippen LogP contribution is -2.43. The van der Waals surface area contributed by atoms with Crippen molar-refractivity contribution >= 4 is 81.2 Å². The summed E-state index contributed by atoms with van der Waals surface area (Å²) in [7, 11) is 1.52. The van der Waals surface area contributed by atoms with Crippen LogP contribution in [0, 0.1) is 12.3 Å². The third-order valence-electron chi connectivity index (χ3n) is 13.3. The molecule has 73 heavy (non-hydrogen) atoms. The maximum Gasteiger partial charge on any atom is 0.415 e. The number of nitrogens with zero attached hydrogens (tertiary/aromatic N) is 6. The summed E-state index contributed by atoms with van der Waals surface area (Å²) < 4.78 is 19.2. The summed E-state index contributed by atoms with van der Waals surface area (Å²) in [6, 6.07) is 16.4. The van der Waals surface area contributed by atoms with Crippen molar-refractivity contribution in [1.29, 1.82) is 0 Å². The number of phenolic OH excluding ortho intramolecular Hbond substituents is 1. The molecule has 0 spiro atoms. The number of carbonyl (C=O) groups is 7. The monoisotopic (exact) mass is 1020 g/mol. The van der Waals surface area contributed by atoms with E-state index >= 15 is 0 Å². The number of amides is 6. The number of imidazole rings is 1. The number of phenols is 1. The molecule has 0 saturated carbocycles. The number of aromatic hydroxyl groups is 1. The van der Waals surface area contributed by atoms with E-state index in [0.29, 0.717) is 45.9 Å². The number of pyridine rings is 1. The number of aliphatic hydroxyl groups is 1. The Morgan fingerprint density at radius 3 is 2.45 bits per heavy atom. The number of ether oxygens (including phenoxy) is 3. The number of hydroxylamine groups is 2. The Balaban J connectivity index is 0.972. The number of allylic oxidation sites excluding steroid dienone is 1. The second kappa shape index (κ2) is 22.5. The van der Waals surface area contributed by atoms with Gasteiger partial charge in [0.2, 0.25) is 0 Å². The van der Waals surface area contributed by atoms with Gasteiger partial charge in [-0.05, 0) is 98.5 Å². The minimum absolute atomic E-state index is 0.00131. The average molecular weight is 1020 g/mol. The lowest BCUT2D eigenvalue weighted by molar-refractivity contribution is -0.205. The van der Waals surface area contributed by atoms with Crippen LogP contribution in [0.4, 0.5) is 21.0 Å². The van der Waals surface area contributed by atoms with Gasteiger partial charge in [-0.3, -0.25) is 19.2 Å². The number of nitrogens with one attached hydrogen (secondary N) is 1. The van der Waals surface area contributed by atoms with Crippen molar-refractivity contribution in [3.63, 3.8) is 0 Å². The van der Waals surface area contributed by atoms with E-state index in [1.54, 1.807) is 59.0 Å². The molecule has 3 atom stereocenters. The van der Waals surface area contributed by atoms with E-state index in [-0.39, 0.29) is 101 Å². The number of benzene rings is 3. The van der Waals surface area contributed by atoms with E-state index in [2.05, 4.69) is 10.3 Å². The van der Waals surface area contributed by atoms with Crippen LogP contribution in [0.1, 0.15) is 83.3 Å². The number of alkyl halides is 1. The Morgan fingerprint density at radius 1 is 0.945 bits per heavy atom. The van der Waals surface area contributed by atoms with Crippen molar-refractivity contribution in [3.8, 4) is 11.5 Å². The van der Waals surface area contributed by atoms with Crippen LogP contribution in [0.25, 0.3) is 16.4 Å². The van der Waals surface area contributed by atoms with Gasteiger partial charge in [-0.2, -0.15) is 0 Å². The number of aromatic nitrogens is 2. The highest BCUT2D eigenvalue weighted by Crippen LogP contribution is 2.47. The van der Waals surface area contributed by atoms with Crippen LogP contribution in [-0.4, -0.2) is 141 Å². The molecule has 1 aliphatic carbocycles. The molecule has 3 aliphatic rings. The zero-order chi connectivity index (χ0) is 52.0. The van der Waals surface area contributed by atoms with Crippen molar-refractivity contribution in [2.45, 2.75) is 64.4 Å². The Morgan fingerprint density at radius 2 is 1.71 bits per heavy atom. The van der Waals surface area contributed by atoms with Crippen molar-refractivity contribution in [2.24, 2.45) is 5.41 Å². The maximum atomic E-state index is 14.5. The first-order valence-electron chi connectivity index (χ1n) is 23.9. The van der Waals surface area contributed by atoms with Gasteiger partial charge >= 0.3 is 18.2 Å². The second-order valence-electron chi connectivity index (χ2n) is 18.4. The number of anilines is 2. The van der Waals surface area contributed by atoms with Gasteiger partial charge in [-0.25, -0.2) is 19.4 Å². The summed E-state index contributed by atoms with van der Waals surface area (Å²) in [5.74, 6) is -2.60. The van der Waals surface area contributed by atoms with Crippen molar-refractivity contribution in [3.05, 3.63) is 108 Å². The van der Waals surface area contributed by atoms with Gasteiger partial charge in [0.05, 0.1) is 36.6 Å². The summed E-state index contributed by atoms with van der Waals surface area (Å²) in [6.07, 6.45) is 5.83. The van der Waals surface area contributed by atoms with E-state index in [0.717, 1.165) is 16.5 Å². The van der Waals surface area contributed by atoms with Crippen molar-refractivity contribution in [1.82, 2.24) is 24.2 Å².